The number of hydrogen-bond donors (Lipinski definition) is 0. The lowest BCUT2D eigenvalue weighted by molar-refractivity contribution is -0.128. The number of carbonyl (C=O) groups is 2. The Bertz CT molecular complexity index is 302. The molecule has 76 valence electrons. The van der Waals surface area contributed by atoms with Gasteiger partial charge in [0.25, 0.3) is 0 Å². The van der Waals surface area contributed by atoms with Gasteiger partial charge in [0.1, 0.15) is 0 Å². The van der Waals surface area contributed by atoms with E-state index in [2.05, 4.69) is 6.08 Å². The number of carbonyl (C=O) groups excluding carboxylic acids is 2. The Morgan fingerprint density at radius 2 is 2.14 bits per heavy atom. The van der Waals surface area contributed by atoms with E-state index in [-0.39, 0.29) is 11.7 Å². The van der Waals surface area contributed by atoms with E-state index in [9.17, 15) is 9.59 Å². The Balaban J connectivity index is 2.59. The summed E-state index contributed by atoms with van der Waals surface area (Å²) in [5.74, 6) is 0.123. The zero-order chi connectivity index (χ0) is 10.6. The number of allylic oxidation sites excluding steroid dienone is 1. The van der Waals surface area contributed by atoms with Crippen molar-refractivity contribution in [2.75, 3.05) is 13.1 Å². The highest BCUT2D eigenvalue weighted by atomic mass is 16.2. The molecule has 0 unspecified atom stereocenters. The molecule has 14 heavy (non-hydrogen) atoms. The normalized spacial score (nSPS) is 17.0. The van der Waals surface area contributed by atoms with Gasteiger partial charge in [-0.25, -0.2) is 0 Å². The lowest BCUT2D eigenvalue weighted by atomic mass is 10.1. The molecule has 0 aliphatic carbocycles. The minimum atomic E-state index is 0.0332. The largest absolute Gasteiger partial charge is 0.338 e. The lowest BCUT2D eigenvalue weighted by Gasteiger charge is -2.24. The second-order valence-electron chi connectivity index (χ2n) is 3.45. The summed E-state index contributed by atoms with van der Waals surface area (Å²) in [5.41, 5.74) is 1.04. The van der Waals surface area contributed by atoms with Crippen LogP contribution >= 0.6 is 0 Å². The van der Waals surface area contributed by atoms with E-state index >= 15 is 0 Å². The van der Waals surface area contributed by atoms with Crippen LogP contribution < -0.4 is 0 Å². The predicted octanol–water partition coefficient (Wildman–Crippen LogP) is 1.31. The van der Waals surface area contributed by atoms with Crippen molar-refractivity contribution in [2.45, 2.75) is 20.3 Å². The van der Waals surface area contributed by atoms with Gasteiger partial charge in [0.05, 0.1) is 0 Å². The third kappa shape index (κ3) is 3.17. The molecule has 0 aromatic carbocycles. The second-order valence-corrected chi connectivity index (χ2v) is 3.45. The first kappa shape index (κ1) is 10.7. The molecule has 0 N–H and O–H groups in total. The topological polar surface area (TPSA) is 37.4 Å². The number of amides is 1. The van der Waals surface area contributed by atoms with Crippen molar-refractivity contribution in [3.05, 3.63) is 23.8 Å². The maximum Gasteiger partial charge on any atom is 0.219 e. The molecule has 0 fully saturated rings. The average Bonchev–Trinajstić information content (AvgIpc) is 2.15. The highest BCUT2D eigenvalue weighted by molar-refractivity contribution is 5.87. The summed E-state index contributed by atoms with van der Waals surface area (Å²) in [7, 11) is 0. The molecule has 0 saturated carbocycles. The molecule has 0 aromatic rings. The van der Waals surface area contributed by atoms with Crippen LogP contribution in [0.2, 0.25) is 0 Å². The third-order valence-corrected chi connectivity index (χ3v) is 2.16. The Morgan fingerprint density at radius 3 is 2.71 bits per heavy atom. The van der Waals surface area contributed by atoms with E-state index in [1.807, 2.05) is 0 Å². The van der Waals surface area contributed by atoms with Crippen molar-refractivity contribution in [1.82, 2.24) is 4.90 Å². The van der Waals surface area contributed by atoms with E-state index in [0.29, 0.717) is 6.54 Å². The van der Waals surface area contributed by atoms with Gasteiger partial charge >= 0.3 is 0 Å². The highest BCUT2D eigenvalue weighted by Crippen LogP contribution is 2.10. The van der Waals surface area contributed by atoms with Gasteiger partial charge in [-0.15, -0.1) is 0 Å². The van der Waals surface area contributed by atoms with Crippen LogP contribution in [0.1, 0.15) is 20.3 Å². The van der Waals surface area contributed by atoms with Crippen LogP contribution in [0.15, 0.2) is 23.8 Å². The molecule has 1 heterocycles. The van der Waals surface area contributed by atoms with Crippen molar-refractivity contribution >= 4 is 11.7 Å². The summed E-state index contributed by atoms with van der Waals surface area (Å²) in [4.78, 5) is 23.6. The molecule has 0 spiro atoms. The van der Waals surface area contributed by atoms with E-state index < -0.39 is 0 Å². The van der Waals surface area contributed by atoms with Gasteiger partial charge in [-0.05, 0) is 25.0 Å². The van der Waals surface area contributed by atoms with E-state index in [1.54, 1.807) is 17.9 Å². The molecule has 1 aliphatic rings. The zero-order valence-electron chi connectivity index (χ0n) is 8.62. The number of nitrogens with zero attached hydrogens (tertiary/aromatic N) is 1. The molecule has 0 atom stereocenters. The van der Waals surface area contributed by atoms with Gasteiger partial charge in [-0.3, -0.25) is 9.59 Å². The first-order valence-electron chi connectivity index (χ1n) is 4.73. The minimum Gasteiger partial charge on any atom is -0.338 e. The maximum absolute atomic E-state index is 11.1. The lowest BCUT2D eigenvalue weighted by Crippen LogP contribution is -2.33. The Labute approximate surface area is 84.1 Å². The third-order valence-electron chi connectivity index (χ3n) is 2.16. The van der Waals surface area contributed by atoms with Crippen molar-refractivity contribution < 1.29 is 9.59 Å². The molecule has 3 heteroatoms. The highest BCUT2D eigenvalue weighted by Gasteiger charge is 2.12. The first-order chi connectivity index (χ1) is 6.59. The van der Waals surface area contributed by atoms with Crippen molar-refractivity contribution in [1.29, 1.82) is 0 Å². The van der Waals surface area contributed by atoms with Gasteiger partial charge in [0.15, 0.2) is 5.78 Å². The molecular weight excluding hydrogens is 178 g/mol. The summed E-state index contributed by atoms with van der Waals surface area (Å²) < 4.78 is 0. The van der Waals surface area contributed by atoms with Crippen LogP contribution in [0.25, 0.3) is 0 Å². The zero-order valence-corrected chi connectivity index (χ0v) is 8.62. The van der Waals surface area contributed by atoms with Crippen LogP contribution in [-0.4, -0.2) is 29.7 Å². The molecule has 0 saturated heterocycles. The summed E-state index contributed by atoms with van der Waals surface area (Å²) in [5, 5.41) is 0. The van der Waals surface area contributed by atoms with Crippen LogP contribution in [0, 0.1) is 0 Å². The van der Waals surface area contributed by atoms with Crippen LogP contribution in [0.4, 0.5) is 0 Å². The summed E-state index contributed by atoms with van der Waals surface area (Å²) >= 11 is 0. The molecule has 1 aliphatic heterocycles. The van der Waals surface area contributed by atoms with E-state index in [0.717, 1.165) is 18.5 Å². The molecule has 0 aromatic heterocycles. The van der Waals surface area contributed by atoms with Gasteiger partial charge in [-0.2, -0.15) is 0 Å². The Hall–Kier alpha value is -1.38. The predicted molar refractivity (Wildman–Crippen MR) is 54.8 cm³/mol. The molecule has 1 amide bonds. The monoisotopic (exact) mass is 193 g/mol. The van der Waals surface area contributed by atoms with Crippen molar-refractivity contribution in [3.63, 3.8) is 0 Å². The number of rotatable bonds is 2. The standard InChI is InChI=1S/C11H15NO2/c1-9(13)5-6-11-4-3-7-12(8-11)10(2)14/h4-6H,3,7-8H2,1-2H3/b6-5+. The van der Waals surface area contributed by atoms with Crippen LogP contribution in [-0.2, 0) is 9.59 Å². The second kappa shape index (κ2) is 4.74. The SMILES string of the molecule is CC(=O)/C=C/C1=CCCN(C(C)=O)C1. The molecule has 0 bridgehead atoms. The fraction of sp³-hybridized carbons (Fsp3) is 0.455. The quantitative estimate of drug-likeness (QED) is 0.620. The molecule has 1 rings (SSSR count). The van der Waals surface area contributed by atoms with E-state index in [4.69, 9.17) is 0 Å². The van der Waals surface area contributed by atoms with E-state index in [1.165, 1.54) is 13.0 Å². The fourth-order valence-electron chi connectivity index (χ4n) is 1.38. The summed E-state index contributed by atoms with van der Waals surface area (Å²) in [6, 6.07) is 0. The smallest absolute Gasteiger partial charge is 0.219 e. The van der Waals surface area contributed by atoms with Gasteiger partial charge in [-0.1, -0.05) is 12.2 Å². The molecule has 3 nitrogen and oxygen atoms in total. The van der Waals surface area contributed by atoms with Crippen LogP contribution in [0.5, 0.6) is 0 Å². The van der Waals surface area contributed by atoms with Gasteiger partial charge in [0, 0.05) is 20.0 Å². The Kier molecular flexibility index (Phi) is 3.63. The summed E-state index contributed by atoms with van der Waals surface area (Å²) in [6.07, 6.45) is 6.27. The maximum atomic E-state index is 11.1. The van der Waals surface area contributed by atoms with Gasteiger partial charge in [0.2, 0.25) is 5.91 Å². The number of hydrogen-bond acceptors (Lipinski definition) is 2. The number of ketones is 1. The fourth-order valence-corrected chi connectivity index (χ4v) is 1.38. The van der Waals surface area contributed by atoms with Gasteiger partial charge < -0.3 is 4.90 Å². The first-order valence-corrected chi connectivity index (χ1v) is 4.73. The summed E-state index contributed by atoms with van der Waals surface area (Å²) in [6.45, 7) is 4.49. The molecule has 0 radical (unpaired) electrons. The van der Waals surface area contributed by atoms with Crippen molar-refractivity contribution in [3.8, 4) is 0 Å². The average molecular weight is 193 g/mol. The molecular formula is C11H15NO2. The van der Waals surface area contributed by atoms with Crippen molar-refractivity contribution in [2.24, 2.45) is 0 Å². The Morgan fingerprint density at radius 1 is 1.43 bits per heavy atom. The van der Waals surface area contributed by atoms with Crippen LogP contribution in [0.3, 0.4) is 0 Å². The minimum absolute atomic E-state index is 0.0332.